The normalized spacial score (nSPS) is 10.8. The lowest BCUT2D eigenvalue weighted by Gasteiger charge is -2.11. The number of ether oxygens (including phenoxy) is 1. The largest absolute Gasteiger partial charge is 0.486 e. The molecule has 0 aliphatic heterocycles. The Labute approximate surface area is 173 Å². The maximum Gasteiger partial charge on any atom is 0.240 e. The zero-order valence-corrected chi connectivity index (χ0v) is 16.3. The van der Waals surface area contributed by atoms with E-state index in [1.165, 1.54) is 0 Å². The van der Waals surface area contributed by atoms with Crippen LogP contribution in [0.1, 0.15) is 11.4 Å². The first kappa shape index (κ1) is 19.0. The van der Waals surface area contributed by atoms with Crippen LogP contribution in [-0.2, 0) is 24.5 Å². The van der Waals surface area contributed by atoms with Crippen molar-refractivity contribution in [2.24, 2.45) is 0 Å². The zero-order valence-electron chi connectivity index (χ0n) is 15.6. The van der Waals surface area contributed by atoms with Crippen LogP contribution in [0.3, 0.4) is 0 Å². The third-order valence-corrected chi connectivity index (χ3v) is 4.65. The van der Waals surface area contributed by atoms with Crippen LogP contribution in [0.4, 0.5) is 0 Å². The van der Waals surface area contributed by atoms with Gasteiger partial charge in [-0.25, -0.2) is 9.97 Å². The minimum Gasteiger partial charge on any atom is -0.486 e. The van der Waals surface area contributed by atoms with E-state index in [0.29, 0.717) is 17.5 Å². The molecule has 4 rings (SSSR count). The Balaban J connectivity index is 1.48. The number of carbonyl (C=O) groups is 1. The fraction of sp³-hybridized carbons (Fsp3) is 0.136. The summed E-state index contributed by atoms with van der Waals surface area (Å²) in [5.41, 5.74) is 2.60. The molecule has 0 radical (unpaired) electrons. The van der Waals surface area contributed by atoms with E-state index in [-0.39, 0.29) is 19.1 Å². The summed E-state index contributed by atoms with van der Waals surface area (Å²) in [4.78, 5) is 21.2. The molecule has 7 heteroatoms. The summed E-state index contributed by atoms with van der Waals surface area (Å²) < 4.78 is 7.73. The van der Waals surface area contributed by atoms with Crippen molar-refractivity contribution in [3.63, 3.8) is 0 Å². The number of aromatic nitrogens is 3. The zero-order chi connectivity index (χ0) is 20.1. The number of nitrogens with one attached hydrogen (secondary N) is 1. The lowest BCUT2D eigenvalue weighted by Crippen LogP contribution is -2.28. The summed E-state index contributed by atoms with van der Waals surface area (Å²) in [6, 6.07) is 20.8. The van der Waals surface area contributed by atoms with E-state index in [4.69, 9.17) is 16.3 Å². The average Bonchev–Trinajstić information content (AvgIpc) is 3.10. The van der Waals surface area contributed by atoms with Crippen molar-refractivity contribution in [2.45, 2.75) is 19.7 Å². The molecule has 0 saturated heterocycles. The average molecular weight is 407 g/mol. The summed E-state index contributed by atoms with van der Waals surface area (Å²) in [5, 5.41) is 3.34. The molecule has 2 aromatic heterocycles. The predicted molar refractivity (Wildman–Crippen MR) is 112 cm³/mol. The molecule has 0 spiro atoms. The highest BCUT2D eigenvalue weighted by molar-refractivity contribution is 6.29. The van der Waals surface area contributed by atoms with E-state index in [2.05, 4.69) is 15.3 Å². The summed E-state index contributed by atoms with van der Waals surface area (Å²) in [7, 11) is 0. The second-order valence-corrected chi connectivity index (χ2v) is 6.86. The minimum atomic E-state index is -0.121. The summed E-state index contributed by atoms with van der Waals surface area (Å²) >= 11 is 5.80. The number of pyridine rings is 1. The number of para-hydroxylation sites is 3. The summed E-state index contributed by atoms with van der Waals surface area (Å²) in [6.45, 7) is 0.799. The van der Waals surface area contributed by atoms with Crippen molar-refractivity contribution < 1.29 is 9.53 Å². The van der Waals surface area contributed by atoms with Gasteiger partial charge in [0.25, 0.3) is 0 Å². The Morgan fingerprint density at radius 1 is 1.03 bits per heavy atom. The molecule has 0 fully saturated rings. The summed E-state index contributed by atoms with van der Waals surface area (Å²) in [6.07, 6.45) is 1.65. The maximum absolute atomic E-state index is 12.6. The second kappa shape index (κ2) is 8.75. The number of hydrogen-bond donors (Lipinski definition) is 1. The van der Waals surface area contributed by atoms with Gasteiger partial charge in [0.1, 0.15) is 29.9 Å². The van der Waals surface area contributed by atoms with E-state index >= 15 is 0 Å². The SMILES string of the molecule is O=C(Cn1c(COc2ccccc2)nc2ccccc21)NCc1ccc(Cl)nc1. The Morgan fingerprint density at radius 2 is 1.83 bits per heavy atom. The predicted octanol–water partition coefficient (Wildman–Crippen LogP) is 3.98. The number of halogens is 1. The molecule has 6 nitrogen and oxygen atoms in total. The first-order valence-corrected chi connectivity index (χ1v) is 9.56. The van der Waals surface area contributed by atoms with Gasteiger partial charge >= 0.3 is 0 Å². The number of nitrogens with zero attached hydrogens (tertiary/aromatic N) is 3. The van der Waals surface area contributed by atoms with Crippen LogP contribution < -0.4 is 10.1 Å². The van der Waals surface area contributed by atoms with Crippen molar-refractivity contribution in [3.05, 3.63) is 89.5 Å². The monoisotopic (exact) mass is 406 g/mol. The van der Waals surface area contributed by atoms with Gasteiger partial charge in [-0.3, -0.25) is 4.79 Å². The van der Waals surface area contributed by atoms with Crippen molar-refractivity contribution in [2.75, 3.05) is 0 Å². The van der Waals surface area contributed by atoms with E-state index < -0.39 is 0 Å². The van der Waals surface area contributed by atoms with Crippen molar-refractivity contribution in [1.82, 2.24) is 19.9 Å². The molecular formula is C22H19ClN4O2. The highest BCUT2D eigenvalue weighted by Gasteiger charge is 2.14. The van der Waals surface area contributed by atoms with Gasteiger partial charge in [0, 0.05) is 12.7 Å². The van der Waals surface area contributed by atoms with Crippen LogP contribution in [0.25, 0.3) is 11.0 Å². The van der Waals surface area contributed by atoms with Gasteiger partial charge in [-0.2, -0.15) is 0 Å². The van der Waals surface area contributed by atoms with Gasteiger partial charge in [-0.05, 0) is 35.9 Å². The molecule has 0 aliphatic rings. The third kappa shape index (κ3) is 4.73. The van der Waals surface area contributed by atoms with Crippen LogP contribution in [0.15, 0.2) is 72.9 Å². The Bertz CT molecular complexity index is 1110. The van der Waals surface area contributed by atoms with Crippen LogP contribution >= 0.6 is 11.6 Å². The van der Waals surface area contributed by atoms with Gasteiger partial charge in [0.2, 0.25) is 5.91 Å². The van der Waals surface area contributed by atoms with Crippen molar-refractivity contribution in [3.8, 4) is 5.75 Å². The van der Waals surface area contributed by atoms with Crippen LogP contribution in [0.5, 0.6) is 5.75 Å². The quantitative estimate of drug-likeness (QED) is 0.471. The van der Waals surface area contributed by atoms with Gasteiger partial charge in [-0.1, -0.05) is 48.0 Å². The lowest BCUT2D eigenvalue weighted by atomic mass is 10.3. The molecule has 0 unspecified atom stereocenters. The first-order chi connectivity index (χ1) is 14.2. The summed E-state index contributed by atoms with van der Waals surface area (Å²) in [5.74, 6) is 1.33. The van der Waals surface area contributed by atoms with Crippen LogP contribution in [0.2, 0.25) is 5.15 Å². The Kier molecular flexibility index (Phi) is 5.72. The van der Waals surface area contributed by atoms with E-state index in [1.807, 2.05) is 65.2 Å². The molecule has 4 aromatic rings. The molecular weight excluding hydrogens is 388 g/mol. The molecule has 29 heavy (non-hydrogen) atoms. The smallest absolute Gasteiger partial charge is 0.240 e. The van der Waals surface area contributed by atoms with Crippen molar-refractivity contribution >= 4 is 28.5 Å². The second-order valence-electron chi connectivity index (χ2n) is 6.47. The van der Waals surface area contributed by atoms with Gasteiger partial charge in [0.05, 0.1) is 11.0 Å². The Hall–Kier alpha value is -3.38. The lowest BCUT2D eigenvalue weighted by molar-refractivity contribution is -0.121. The Morgan fingerprint density at radius 3 is 2.62 bits per heavy atom. The number of imidazole rings is 1. The molecule has 2 aromatic carbocycles. The van der Waals surface area contributed by atoms with E-state index in [9.17, 15) is 4.79 Å². The van der Waals surface area contributed by atoms with Gasteiger partial charge < -0.3 is 14.6 Å². The molecule has 0 atom stereocenters. The molecule has 1 N–H and O–H groups in total. The topological polar surface area (TPSA) is 69.0 Å². The molecule has 0 aliphatic carbocycles. The number of amides is 1. The molecule has 0 saturated carbocycles. The number of fused-ring (bicyclic) bond motifs is 1. The van der Waals surface area contributed by atoms with Gasteiger partial charge in [-0.15, -0.1) is 0 Å². The fourth-order valence-electron chi connectivity index (χ4n) is 2.99. The maximum atomic E-state index is 12.6. The number of carbonyl (C=O) groups excluding carboxylic acids is 1. The molecule has 1 amide bonds. The molecule has 146 valence electrons. The molecule has 0 bridgehead atoms. The van der Waals surface area contributed by atoms with E-state index in [1.54, 1.807) is 12.3 Å². The van der Waals surface area contributed by atoms with Crippen LogP contribution in [0, 0.1) is 0 Å². The highest BCUT2D eigenvalue weighted by Crippen LogP contribution is 2.18. The minimum absolute atomic E-state index is 0.121. The first-order valence-electron chi connectivity index (χ1n) is 9.18. The number of rotatable bonds is 7. The number of benzene rings is 2. The molecule has 2 heterocycles. The van der Waals surface area contributed by atoms with Gasteiger partial charge in [0.15, 0.2) is 0 Å². The van der Waals surface area contributed by atoms with Crippen LogP contribution in [-0.4, -0.2) is 20.4 Å². The highest BCUT2D eigenvalue weighted by atomic mass is 35.5. The van der Waals surface area contributed by atoms with E-state index in [0.717, 1.165) is 22.3 Å². The number of hydrogen-bond acceptors (Lipinski definition) is 4. The third-order valence-electron chi connectivity index (χ3n) is 4.42. The van der Waals surface area contributed by atoms with Crippen molar-refractivity contribution in [1.29, 1.82) is 0 Å². The standard InChI is InChI=1S/C22H19ClN4O2/c23-20-11-10-16(12-24-20)13-25-22(28)14-27-19-9-5-4-8-18(19)26-21(27)15-29-17-6-2-1-3-7-17/h1-12H,13-15H2,(H,25,28). The fourth-order valence-corrected chi connectivity index (χ4v) is 3.10.